The van der Waals surface area contributed by atoms with Crippen molar-refractivity contribution in [3.63, 3.8) is 0 Å². The minimum atomic E-state index is -2.42. The molecule has 1 rings (SSSR count). The summed E-state index contributed by atoms with van der Waals surface area (Å²) in [4.78, 5) is 0. The number of alkyl halides is 2. The molecule has 0 aromatic carbocycles. The first-order valence-electron chi connectivity index (χ1n) is 3.42. The van der Waals surface area contributed by atoms with E-state index in [9.17, 15) is 8.78 Å². The molecule has 0 unspecified atom stereocenters. The Morgan fingerprint density at radius 1 is 1.67 bits per heavy atom. The van der Waals surface area contributed by atoms with Crippen LogP contribution in [0.15, 0.2) is 0 Å². The Bertz CT molecular complexity index is 260. The molecule has 1 aromatic heterocycles. The fourth-order valence-corrected chi connectivity index (χ4v) is 0.935. The summed E-state index contributed by atoms with van der Waals surface area (Å²) < 4.78 is 29.8. The van der Waals surface area contributed by atoms with Crippen molar-refractivity contribution in [1.82, 2.24) is 9.78 Å². The third kappa shape index (κ3) is 1.72. The predicted octanol–water partition coefficient (Wildman–Crippen LogP) is 1.27. The monoisotopic (exact) mass is 175 g/mol. The van der Waals surface area contributed by atoms with Crippen molar-refractivity contribution >= 4 is 0 Å². The topological polar surface area (TPSA) is 27.1 Å². The zero-order valence-corrected chi connectivity index (χ0v) is 6.84. The van der Waals surface area contributed by atoms with Gasteiger partial charge in [-0.1, -0.05) is 0 Å². The second kappa shape index (κ2) is 3.51. The third-order valence-corrected chi connectivity index (χ3v) is 1.40. The molecule has 0 atom stereocenters. The Labute approximate surface area is 68.9 Å². The number of hydrogen-bond donors (Lipinski definition) is 0. The van der Waals surface area contributed by atoms with Crippen molar-refractivity contribution in [2.45, 2.75) is 19.9 Å². The number of aromatic nitrogens is 2. The highest BCUT2D eigenvalue weighted by Gasteiger charge is 2.11. The molecule has 5 heteroatoms. The third-order valence-electron chi connectivity index (χ3n) is 1.40. The molecule has 0 saturated carbocycles. The van der Waals surface area contributed by atoms with E-state index in [1.54, 1.807) is 6.92 Å². The van der Waals surface area contributed by atoms with Crippen LogP contribution < -0.4 is 4.74 Å². The van der Waals surface area contributed by atoms with Gasteiger partial charge in [0.15, 0.2) is 0 Å². The first-order valence-corrected chi connectivity index (χ1v) is 3.42. The van der Waals surface area contributed by atoms with Crippen LogP contribution in [0.5, 0.6) is 5.88 Å². The van der Waals surface area contributed by atoms with Gasteiger partial charge in [-0.25, -0.2) is 13.5 Å². The first-order chi connectivity index (χ1) is 5.65. The fourth-order valence-electron chi connectivity index (χ4n) is 0.935. The number of nitrogens with zero attached hydrogens (tertiary/aromatic N) is 2. The van der Waals surface area contributed by atoms with Gasteiger partial charge in [-0.05, 0) is 6.92 Å². The lowest BCUT2D eigenvalue weighted by Gasteiger charge is -2.05. The smallest absolute Gasteiger partial charge is 0.258 e. The summed E-state index contributed by atoms with van der Waals surface area (Å²) in [5, 5.41) is 3.61. The van der Waals surface area contributed by atoms with Gasteiger partial charge in [0.1, 0.15) is 12.7 Å². The van der Waals surface area contributed by atoms with E-state index < -0.39 is 13.0 Å². The van der Waals surface area contributed by atoms with Gasteiger partial charge in [0, 0.05) is 5.56 Å². The van der Waals surface area contributed by atoms with Crippen molar-refractivity contribution in [3.8, 4) is 5.88 Å². The molecule has 67 valence electrons. The van der Waals surface area contributed by atoms with Gasteiger partial charge in [-0.2, -0.15) is 5.10 Å². The lowest BCUT2D eigenvalue weighted by atomic mass is 10.4. The number of hydrogen-bond acceptors (Lipinski definition) is 2. The summed E-state index contributed by atoms with van der Waals surface area (Å²) in [6.45, 7) is 1.25. The molecule has 1 aromatic rings. The Hall–Kier alpha value is -1.13. The molecule has 0 N–H and O–H groups in total. The van der Waals surface area contributed by atoms with Crippen molar-refractivity contribution in [3.05, 3.63) is 11.8 Å². The lowest BCUT2D eigenvalue weighted by Crippen LogP contribution is -2.09. The molecule has 0 aliphatic carbocycles. The van der Waals surface area contributed by atoms with E-state index in [2.05, 4.69) is 11.3 Å². The van der Waals surface area contributed by atoms with E-state index in [4.69, 9.17) is 4.74 Å². The Kier molecular flexibility index (Phi) is 2.62. The standard InChI is InChI=1S/C7H9F2N2O/c1-5-3-10-11(4-6(8)9)7(5)12-2/h6H,4H2,1-2H3. The van der Waals surface area contributed by atoms with Crippen LogP contribution in [-0.2, 0) is 6.54 Å². The highest BCUT2D eigenvalue weighted by atomic mass is 19.3. The molecule has 0 aliphatic heterocycles. The lowest BCUT2D eigenvalue weighted by molar-refractivity contribution is 0.117. The Morgan fingerprint density at radius 2 is 2.33 bits per heavy atom. The van der Waals surface area contributed by atoms with Crippen LogP contribution in [0.4, 0.5) is 8.78 Å². The Morgan fingerprint density at radius 3 is 2.83 bits per heavy atom. The van der Waals surface area contributed by atoms with Gasteiger partial charge >= 0.3 is 0 Å². The van der Waals surface area contributed by atoms with Crippen LogP contribution in [0.2, 0.25) is 0 Å². The van der Waals surface area contributed by atoms with E-state index >= 15 is 0 Å². The molecule has 0 fully saturated rings. The van der Waals surface area contributed by atoms with E-state index in [0.717, 1.165) is 4.68 Å². The largest absolute Gasteiger partial charge is 0.481 e. The fraction of sp³-hybridized carbons (Fsp3) is 0.571. The predicted molar refractivity (Wildman–Crippen MR) is 38.4 cm³/mol. The number of ether oxygens (including phenoxy) is 1. The number of methoxy groups -OCH3 is 1. The molecule has 1 radical (unpaired) electrons. The van der Waals surface area contributed by atoms with Crippen LogP contribution in [0.25, 0.3) is 0 Å². The van der Waals surface area contributed by atoms with Crippen molar-refractivity contribution < 1.29 is 13.5 Å². The average Bonchev–Trinajstić information content (AvgIpc) is 2.30. The maximum atomic E-state index is 11.9. The molecular weight excluding hydrogens is 166 g/mol. The summed E-state index contributed by atoms with van der Waals surface area (Å²) in [7, 11) is 1.42. The quantitative estimate of drug-likeness (QED) is 0.691. The van der Waals surface area contributed by atoms with E-state index in [0.29, 0.717) is 11.4 Å². The maximum Gasteiger partial charge on any atom is 0.258 e. The number of halogens is 2. The van der Waals surface area contributed by atoms with Gasteiger partial charge in [0.2, 0.25) is 5.88 Å². The van der Waals surface area contributed by atoms with Crippen LogP contribution in [0, 0.1) is 13.1 Å². The van der Waals surface area contributed by atoms with Crippen molar-refractivity contribution in [1.29, 1.82) is 0 Å². The minimum absolute atomic E-state index is 0.343. The first kappa shape index (κ1) is 8.96. The normalized spacial score (nSPS) is 10.8. The maximum absolute atomic E-state index is 11.9. The number of rotatable bonds is 3. The summed E-state index contributed by atoms with van der Waals surface area (Å²) in [5.74, 6) is 0.343. The number of aryl methyl sites for hydroxylation is 1. The molecular formula is C7H9F2N2O. The minimum Gasteiger partial charge on any atom is -0.481 e. The molecule has 0 saturated heterocycles. The zero-order chi connectivity index (χ0) is 9.14. The summed E-state index contributed by atoms with van der Waals surface area (Å²) in [6, 6.07) is 0. The average molecular weight is 175 g/mol. The molecule has 1 heterocycles. The molecule has 0 amide bonds. The van der Waals surface area contributed by atoms with Gasteiger partial charge in [-0.3, -0.25) is 0 Å². The highest BCUT2D eigenvalue weighted by molar-refractivity contribution is 5.20. The zero-order valence-electron chi connectivity index (χ0n) is 6.84. The molecule has 0 bridgehead atoms. The van der Waals surface area contributed by atoms with E-state index in [1.165, 1.54) is 7.11 Å². The van der Waals surface area contributed by atoms with Gasteiger partial charge in [0.05, 0.1) is 7.11 Å². The van der Waals surface area contributed by atoms with Crippen molar-refractivity contribution in [2.75, 3.05) is 7.11 Å². The van der Waals surface area contributed by atoms with Crippen LogP contribution >= 0.6 is 0 Å². The molecule has 12 heavy (non-hydrogen) atoms. The SMILES string of the molecule is COc1c(C)[c]nn1CC(F)F. The summed E-state index contributed by atoms with van der Waals surface area (Å²) in [5.41, 5.74) is 0.637. The van der Waals surface area contributed by atoms with Gasteiger partial charge in [0.25, 0.3) is 6.43 Å². The van der Waals surface area contributed by atoms with E-state index in [1.807, 2.05) is 0 Å². The van der Waals surface area contributed by atoms with Crippen molar-refractivity contribution in [2.24, 2.45) is 0 Å². The highest BCUT2D eigenvalue weighted by Crippen LogP contribution is 2.16. The van der Waals surface area contributed by atoms with Crippen LogP contribution in [0.1, 0.15) is 5.56 Å². The summed E-state index contributed by atoms with van der Waals surface area (Å²) in [6.07, 6.45) is 0.124. The molecule has 0 spiro atoms. The second-order valence-corrected chi connectivity index (χ2v) is 2.32. The summed E-state index contributed by atoms with van der Waals surface area (Å²) >= 11 is 0. The van der Waals surface area contributed by atoms with Crippen LogP contribution in [-0.4, -0.2) is 23.3 Å². The van der Waals surface area contributed by atoms with Gasteiger partial charge in [-0.15, -0.1) is 0 Å². The molecule has 0 aliphatic rings. The van der Waals surface area contributed by atoms with Crippen LogP contribution in [0.3, 0.4) is 0 Å². The van der Waals surface area contributed by atoms with Gasteiger partial charge < -0.3 is 4.74 Å². The second-order valence-electron chi connectivity index (χ2n) is 2.32. The Balaban J connectivity index is 2.84. The van der Waals surface area contributed by atoms with E-state index in [-0.39, 0.29) is 0 Å². The molecule has 3 nitrogen and oxygen atoms in total.